The molecule has 13 heavy (non-hydrogen) atoms. The van der Waals surface area contributed by atoms with Crippen molar-refractivity contribution >= 4 is 21.3 Å². The molecule has 0 saturated carbocycles. The summed E-state index contributed by atoms with van der Waals surface area (Å²) in [5, 5.41) is 4.36. The predicted molar refractivity (Wildman–Crippen MR) is 58.8 cm³/mol. The molecule has 0 amide bonds. The van der Waals surface area contributed by atoms with Gasteiger partial charge in [0, 0.05) is 12.4 Å². The van der Waals surface area contributed by atoms with Crippen LogP contribution in [-0.4, -0.2) is 43.5 Å². The summed E-state index contributed by atoms with van der Waals surface area (Å²) in [6.45, 7) is 2.40. The first-order valence-corrected chi connectivity index (χ1v) is 4.95. The van der Waals surface area contributed by atoms with Gasteiger partial charge in [0.05, 0.1) is 6.04 Å². The molecule has 1 aliphatic rings. The minimum absolute atomic E-state index is 0.630. The van der Waals surface area contributed by atoms with Gasteiger partial charge in [-0.15, -0.1) is 0 Å². The molecule has 0 bridgehead atoms. The number of hydrogen-bond acceptors (Lipinski definition) is 2. The highest BCUT2D eigenvalue weighted by molar-refractivity contribution is 6.31. The van der Waals surface area contributed by atoms with Crippen molar-refractivity contribution in [3.05, 3.63) is 12.4 Å². The van der Waals surface area contributed by atoms with Gasteiger partial charge in [-0.25, -0.2) is 0 Å². The molecule has 2 rings (SSSR count). The van der Waals surface area contributed by atoms with Gasteiger partial charge in [0.1, 0.15) is 7.85 Å². The third kappa shape index (κ3) is 1.97. The number of rotatable bonds is 1. The minimum atomic E-state index is 0.630. The van der Waals surface area contributed by atoms with E-state index in [1.165, 1.54) is 31.4 Å². The number of hydrogen-bond donors (Lipinski definition) is 0. The van der Waals surface area contributed by atoms with E-state index in [0.717, 1.165) is 0 Å². The van der Waals surface area contributed by atoms with Gasteiger partial charge in [-0.3, -0.25) is 4.68 Å². The van der Waals surface area contributed by atoms with Crippen molar-refractivity contribution in [2.24, 2.45) is 0 Å². The van der Waals surface area contributed by atoms with Crippen LogP contribution in [-0.2, 0) is 0 Å². The molecular weight excluding hydrogens is 160 g/mol. The van der Waals surface area contributed by atoms with Crippen molar-refractivity contribution in [3.63, 3.8) is 0 Å². The van der Waals surface area contributed by atoms with Gasteiger partial charge in [-0.1, -0.05) is 5.46 Å². The van der Waals surface area contributed by atoms with Gasteiger partial charge >= 0.3 is 0 Å². The van der Waals surface area contributed by atoms with Crippen LogP contribution in [0, 0.1) is 0 Å². The van der Waals surface area contributed by atoms with Gasteiger partial charge in [0.25, 0.3) is 0 Å². The Morgan fingerprint density at radius 2 is 2.08 bits per heavy atom. The van der Waals surface area contributed by atoms with Crippen LogP contribution in [0.25, 0.3) is 0 Å². The maximum Gasteiger partial charge on any atom is 0.185 e. The fraction of sp³-hybridized carbons (Fsp3) is 0.625. The normalized spacial score (nSPS) is 20.6. The Hall–Kier alpha value is -0.700. The molecule has 0 aromatic carbocycles. The molecule has 1 aliphatic heterocycles. The molecule has 1 fully saturated rings. The van der Waals surface area contributed by atoms with E-state index in [4.69, 9.17) is 0 Å². The molecule has 1 aromatic heterocycles. The zero-order chi connectivity index (χ0) is 9.26. The van der Waals surface area contributed by atoms with Crippen LogP contribution >= 0.6 is 0 Å². The first-order chi connectivity index (χ1) is 6.25. The molecular formula is C8H15B2N3. The third-order valence-corrected chi connectivity index (χ3v) is 2.79. The van der Waals surface area contributed by atoms with E-state index < -0.39 is 0 Å². The van der Waals surface area contributed by atoms with Crippen LogP contribution in [0.15, 0.2) is 12.4 Å². The molecule has 0 spiro atoms. The van der Waals surface area contributed by atoms with Crippen molar-refractivity contribution < 1.29 is 0 Å². The van der Waals surface area contributed by atoms with Crippen molar-refractivity contribution in [2.45, 2.75) is 18.9 Å². The van der Waals surface area contributed by atoms with Gasteiger partial charge in [0.2, 0.25) is 0 Å². The summed E-state index contributed by atoms with van der Waals surface area (Å²) in [7, 11) is 4.28. The molecule has 68 valence electrons. The second-order valence-corrected chi connectivity index (χ2v) is 4.03. The van der Waals surface area contributed by atoms with Crippen LogP contribution in [0.5, 0.6) is 0 Å². The molecule has 5 heteroatoms. The van der Waals surface area contributed by atoms with E-state index in [-0.39, 0.29) is 0 Å². The molecule has 1 saturated heterocycles. The maximum atomic E-state index is 4.36. The quantitative estimate of drug-likeness (QED) is 0.475. The lowest BCUT2D eigenvalue weighted by Crippen LogP contribution is -2.32. The Balaban J connectivity index is 2.02. The van der Waals surface area contributed by atoms with Gasteiger partial charge < -0.3 is 4.81 Å². The second-order valence-electron chi connectivity index (χ2n) is 4.03. The maximum absolute atomic E-state index is 4.36. The highest BCUT2D eigenvalue weighted by atomic mass is 15.3. The molecule has 2 heterocycles. The first-order valence-electron chi connectivity index (χ1n) is 4.95. The molecule has 0 N–H and O–H groups in total. The van der Waals surface area contributed by atoms with Crippen LogP contribution in [0.3, 0.4) is 0 Å². The van der Waals surface area contributed by atoms with E-state index in [0.29, 0.717) is 6.04 Å². The monoisotopic (exact) mass is 175 g/mol. The van der Waals surface area contributed by atoms with Crippen LogP contribution in [0.2, 0.25) is 0 Å². The summed E-state index contributed by atoms with van der Waals surface area (Å²) in [4.78, 5) is 2.38. The molecule has 0 unspecified atom stereocenters. The molecule has 0 radical (unpaired) electrons. The number of nitrogens with zero attached hydrogens (tertiary/aromatic N) is 3. The second kappa shape index (κ2) is 3.58. The van der Waals surface area contributed by atoms with E-state index in [9.17, 15) is 0 Å². The Kier molecular flexibility index (Phi) is 2.44. The fourth-order valence-corrected chi connectivity index (χ4v) is 1.89. The lowest BCUT2D eigenvalue weighted by Gasteiger charge is -2.29. The Labute approximate surface area is 80.9 Å². The summed E-state index contributed by atoms with van der Waals surface area (Å²) in [6.07, 6.45) is 6.56. The standard InChI is InChI=1S/C8H15B2N3/c9-7-5-11-13(6-7)8-1-3-12(10)4-2-8/h5-6,8H,1-4,9-10H2. The van der Waals surface area contributed by atoms with Crippen molar-refractivity contribution in [2.75, 3.05) is 13.1 Å². The zero-order valence-corrected chi connectivity index (χ0v) is 8.40. The lowest BCUT2D eigenvalue weighted by molar-refractivity contribution is 0.268. The van der Waals surface area contributed by atoms with Crippen LogP contribution < -0.4 is 5.46 Å². The van der Waals surface area contributed by atoms with Gasteiger partial charge in [-0.05, 0) is 25.9 Å². The highest BCUT2D eigenvalue weighted by Gasteiger charge is 2.17. The lowest BCUT2D eigenvalue weighted by atomic mass is 10.0. The topological polar surface area (TPSA) is 21.1 Å². The fourth-order valence-electron chi connectivity index (χ4n) is 1.89. The summed E-state index contributed by atoms with van der Waals surface area (Å²) in [5.74, 6) is 0. The summed E-state index contributed by atoms with van der Waals surface area (Å²) >= 11 is 0. The van der Waals surface area contributed by atoms with E-state index in [2.05, 4.69) is 36.6 Å². The van der Waals surface area contributed by atoms with E-state index >= 15 is 0 Å². The third-order valence-electron chi connectivity index (χ3n) is 2.79. The summed E-state index contributed by atoms with van der Waals surface area (Å²) in [5.41, 5.74) is 1.26. The first kappa shape index (κ1) is 8.88. The predicted octanol–water partition coefficient (Wildman–Crippen LogP) is -1.67. The molecule has 1 aromatic rings. The largest absolute Gasteiger partial charge is 0.349 e. The van der Waals surface area contributed by atoms with E-state index in [1.807, 2.05) is 6.20 Å². The molecule has 0 aliphatic carbocycles. The Morgan fingerprint density at radius 3 is 2.62 bits per heavy atom. The number of piperidine rings is 1. The highest BCUT2D eigenvalue weighted by Crippen LogP contribution is 2.19. The molecule has 3 nitrogen and oxygen atoms in total. The van der Waals surface area contributed by atoms with Crippen LogP contribution in [0.4, 0.5) is 0 Å². The molecule has 0 atom stereocenters. The Morgan fingerprint density at radius 1 is 1.38 bits per heavy atom. The van der Waals surface area contributed by atoms with E-state index in [1.54, 1.807) is 0 Å². The SMILES string of the molecule is Bc1cnn(C2CCN(B)CC2)c1. The summed E-state index contributed by atoms with van der Waals surface area (Å²) in [6, 6.07) is 0.630. The average Bonchev–Trinajstić information content (AvgIpc) is 2.53. The minimum Gasteiger partial charge on any atom is -0.349 e. The van der Waals surface area contributed by atoms with Gasteiger partial charge in [0.15, 0.2) is 7.98 Å². The Bertz CT molecular complexity index is 279. The van der Waals surface area contributed by atoms with Crippen molar-refractivity contribution in [3.8, 4) is 0 Å². The smallest absolute Gasteiger partial charge is 0.185 e. The van der Waals surface area contributed by atoms with Gasteiger partial charge in [-0.2, -0.15) is 5.10 Å². The number of aromatic nitrogens is 2. The zero-order valence-electron chi connectivity index (χ0n) is 8.40. The van der Waals surface area contributed by atoms with Crippen LogP contribution in [0.1, 0.15) is 18.9 Å². The summed E-state index contributed by atoms with van der Waals surface area (Å²) < 4.78 is 2.13. The van der Waals surface area contributed by atoms with Crippen molar-refractivity contribution in [1.29, 1.82) is 0 Å². The van der Waals surface area contributed by atoms with Crippen molar-refractivity contribution in [1.82, 2.24) is 14.6 Å². The average molecular weight is 175 g/mol.